The van der Waals surface area contributed by atoms with Crippen molar-refractivity contribution < 1.29 is 24.0 Å². The SMILES string of the molecule is O=C(OCc1ccccc1)N(Cc1ccccc1)C(=O)OCc1ccc([N+](=O)[O-])cc1. The average Bonchev–Trinajstić information content (AvgIpc) is 2.81. The van der Waals surface area contributed by atoms with Crippen LogP contribution < -0.4 is 0 Å². The Hall–Kier alpha value is -4.20. The van der Waals surface area contributed by atoms with E-state index in [0.29, 0.717) is 5.56 Å². The number of carbonyl (C=O) groups excluding carboxylic acids is 2. The van der Waals surface area contributed by atoms with Crippen molar-refractivity contribution in [3.05, 3.63) is 112 Å². The number of ether oxygens (including phenoxy) is 2. The van der Waals surface area contributed by atoms with Crippen LogP contribution in [-0.4, -0.2) is 22.0 Å². The van der Waals surface area contributed by atoms with Gasteiger partial charge in [0.2, 0.25) is 0 Å². The number of nitrogens with zero attached hydrogens (tertiary/aromatic N) is 2. The van der Waals surface area contributed by atoms with Gasteiger partial charge in [-0.2, -0.15) is 0 Å². The molecule has 0 unspecified atom stereocenters. The lowest BCUT2D eigenvalue weighted by Crippen LogP contribution is -2.37. The molecule has 2 amide bonds. The van der Waals surface area contributed by atoms with Crippen LogP contribution in [0, 0.1) is 10.1 Å². The molecule has 8 heteroatoms. The normalized spacial score (nSPS) is 10.2. The van der Waals surface area contributed by atoms with Gasteiger partial charge in [0.25, 0.3) is 5.69 Å². The first kappa shape index (κ1) is 21.5. The second kappa shape index (κ2) is 10.5. The predicted molar refractivity (Wildman–Crippen MR) is 112 cm³/mol. The van der Waals surface area contributed by atoms with Crippen molar-refractivity contribution in [2.24, 2.45) is 0 Å². The number of nitro groups is 1. The van der Waals surface area contributed by atoms with E-state index in [-0.39, 0.29) is 25.4 Å². The minimum Gasteiger partial charge on any atom is -0.444 e. The maximum atomic E-state index is 12.6. The summed E-state index contributed by atoms with van der Waals surface area (Å²) in [4.78, 5) is 36.4. The zero-order chi connectivity index (χ0) is 22.1. The summed E-state index contributed by atoms with van der Waals surface area (Å²) in [5.41, 5.74) is 2.00. The van der Waals surface area contributed by atoms with Crippen molar-refractivity contribution in [2.45, 2.75) is 19.8 Å². The molecule has 0 saturated heterocycles. The summed E-state index contributed by atoms with van der Waals surface area (Å²) in [6.07, 6.45) is -1.71. The lowest BCUT2D eigenvalue weighted by molar-refractivity contribution is -0.384. The van der Waals surface area contributed by atoms with Crippen LogP contribution in [0.15, 0.2) is 84.9 Å². The number of amides is 2. The number of carbonyl (C=O) groups is 2. The number of imide groups is 1. The Morgan fingerprint density at radius 2 is 1.16 bits per heavy atom. The monoisotopic (exact) mass is 420 g/mol. The summed E-state index contributed by atoms with van der Waals surface area (Å²) in [7, 11) is 0. The quantitative estimate of drug-likeness (QED) is 0.391. The van der Waals surface area contributed by atoms with Gasteiger partial charge in [0.05, 0.1) is 11.5 Å². The molecule has 0 bridgehead atoms. The van der Waals surface area contributed by atoms with Crippen LogP contribution in [0.4, 0.5) is 15.3 Å². The molecular formula is C23H20N2O6. The Morgan fingerprint density at radius 1 is 0.710 bits per heavy atom. The van der Waals surface area contributed by atoms with Gasteiger partial charge in [0, 0.05) is 12.1 Å². The zero-order valence-electron chi connectivity index (χ0n) is 16.5. The maximum absolute atomic E-state index is 12.6. The van der Waals surface area contributed by atoms with E-state index in [0.717, 1.165) is 16.0 Å². The Morgan fingerprint density at radius 3 is 1.65 bits per heavy atom. The summed E-state index contributed by atoms with van der Waals surface area (Å²) in [6.45, 7) is -0.151. The molecule has 3 aromatic carbocycles. The van der Waals surface area contributed by atoms with E-state index in [9.17, 15) is 19.7 Å². The van der Waals surface area contributed by atoms with Crippen LogP contribution in [0.5, 0.6) is 0 Å². The molecule has 0 aliphatic heterocycles. The molecule has 8 nitrogen and oxygen atoms in total. The fourth-order valence-corrected chi connectivity index (χ4v) is 2.70. The summed E-state index contributed by atoms with van der Waals surface area (Å²) >= 11 is 0. The van der Waals surface area contributed by atoms with Crippen LogP contribution in [-0.2, 0) is 29.2 Å². The number of hydrogen-bond donors (Lipinski definition) is 0. The van der Waals surface area contributed by atoms with Crippen LogP contribution in [0.3, 0.4) is 0 Å². The lowest BCUT2D eigenvalue weighted by atomic mass is 10.2. The highest BCUT2D eigenvalue weighted by molar-refractivity contribution is 5.87. The second-order valence-corrected chi connectivity index (χ2v) is 6.59. The molecule has 0 aliphatic carbocycles. The van der Waals surface area contributed by atoms with E-state index in [1.807, 2.05) is 36.4 Å². The Bertz CT molecular complexity index is 1020. The van der Waals surface area contributed by atoms with Gasteiger partial charge in [-0.3, -0.25) is 10.1 Å². The van der Waals surface area contributed by atoms with Gasteiger partial charge < -0.3 is 9.47 Å². The summed E-state index contributed by atoms with van der Waals surface area (Å²) in [5, 5.41) is 10.7. The Labute approximate surface area is 178 Å². The van der Waals surface area contributed by atoms with Crippen molar-refractivity contribution in [2.75, 3.05) is 0 Å². The van der Waals surface area contributed by atoms with Crippen molar-refractivity contribution in [1.82, 2.24) is 4.90 Å². The van der Waals surface area contributed by atoms with Crippen molar-refractivity contribution in [3.63, 3.8) is 0 Å². The smallest absolute Gasteiger partial charge is 0.419 e. The van der Waals surface area contributed by atoms with Gasteiger partial charge in [-0.05, 0) is 28.8 Å². The largest absolute Gasteiger partial charge is 0.444 e. The molecular weight excluding hydrogens is 400 g/mol. The number of non-ortho nitro benzene ring substituents is 1. The zero-order valence-corrected chi connectivity index (χ0v) is 16.5. The highest BCUT2D eigenvalue weighted by Gasteiger charge is 2.25. The average molecular weight is 420 g/mol. The molecule has 0 N–H and O–H groups in total. The van der Waals surface area contributed by atoms with Crippen LogP contribution in [0.25, 0.3) is 0 Å². The third-order valence-electron chi connectivity index (χ3n) is 4.34. The lowest BCUT2D eigenvalue weighted by Gasteiger charge is -2.20. The molecule has 0 aliphatic rings. The van der Waals surface area contributed by atoms with Crippen molar-refractivity contribution in [1.29, 1.82) is 0 Å². The van der Waals surface area contributed by atoms with Crippen LogP contribution in [0.2, 0.25) is 0 Å². The summed E-state index contributed by atoms with van der Waals surface area (Å²) < 4.78 is 10.5. The van der Waals surface area contributed by atoms with E-state index in [4.69, 9.17) is 9.47 Å². The van der Waals surface area contributed by atoms with E-state index < -0.39 is 17.1 Å². The fourth-order valence-electron chi connectivity index (χ4n) is 2.70. The topological polar surface area (TPSA) is 99.0 Å². The van der Waals surface area contributed by atoms with Gasteiger partial charge >= 0.3 is 12.2 Å². The Kier molecular flexibility index (Phi) is 7.31. The van der Waals surface area contributed by atoms with E-state index in [1.54, 1.807) is 24.3 Å². The van der Waals surface area contributed by atoms with E-state index in [2.05, 4.69) is 0 Å². The molecule has 31 heavy (non-hydrogen) atoms. The highest BCUT2D eigenvalue weighted by Crippen LogP contribution is 2.14. The number of hydrogen-bond acceptors (Lipinski definition) is 6. The first-order valence-electron chi connectivity index (χ1n) is 9.45. The number of rotatable bonds is 7. The first-order chi connectivity index (χ1) is 15.0. The molecule has 0 aromatic heterocycles. The molecule has 3 rings (SSSR count). The van der Waals surface area contributed by atoms with Gasteiger partial charge in [0.15, 0.2) is 0 Å². The maximum Gasteiger partial charge on any atom is 0.419 e. The number of benzene rings is 3. The van der Waals surface area contributed by atoms with Crippen molar-refractivity contribution in [3.8, 4) is 0 Å². The molecule has 0 saturated carbocycles. The fraction of sp³-hybridized carbons (Fsp3) is 0.130. The third-order valence-corrected chi connectivity index (χ3v) is 4.34. The van der Waals surface area contributed by atoms with Gasteiger partial charge in [-0.1, -0.05) is 60.7 Å². The van der Waals surface area contributed by atoms with Crippen molar-refractivity contribution >= 4 is 17.9 Å². The molecule has 0 radical (unpaired) electrons. The highest BCUT2D eigenvalue weighted by atomic mass is 16.6. The van der Waals surface area contributed by atoms with Gasteiger partial charge in [-0.25, -0.2) is 14.5 Å². The summed E-state index contributed by atoms with van der Waals surface area (Å²) in [6, 6.07) is 23.7. The minimum absolute atomic E-state index is 0.0145. The van der Waals surface area contributed by atoms with Gasteiger partial charge in [0.1, 0.15) is 13.2 Å². The third kappa shape index (κ3) is 6.40. The molecule has 0 heterocycles. The molecule has 0 atom stereocenters. The first-order valence-corrected chi connectivity index (χ1v) is 9.45. The minimum atomic E-state index is -0.875. The molecule has 0 spiro atoms. The van der Waals surface area contributed by atoms with Gasteiger partial charge in [-0.15, -0.1) is 0 Å². The molecule has 3 aromatic rings. The van der Waals surface area contributed by atoms with E-state index >= 15 is 0 Å². The predicted octanol–water partition coefficient (Wildman–Crippen LogP) is 5.07. The number of nitro benzene ring substituents is 1. The second-order valence-electron chi connectivity index (χ2n) is 6.59. The standard InChI is InChI=1S/C23H20N2O6/c26-22(30-16-19-9-5-2-6-10-19)24(15-18-7-3-1-4-8-18)23(27)31-17-20-11-13-21(14-12-20)25(28)29/h1-14H,15-17H2. The summed E-state index contributed by atoms with van der Waals surface area (Å²) in [5.74, 6) is 0. The molecule has 0 fully saturated rings. The Balaban J connectivity index is 1.66. The van der Waals surface area contributed by atoms with Crippen LogP contribution in [0.1, 0.15) is 16.7 Å². The molecule has 158 valence electrons. The van der Waals surface area contributed by atoms with Crippen LogP contribution >= 0.6 is 0 Å². The van der Waals surface area contributed by atoms with E-state index in [1.165, 1.54) is 24.3 Å².